The molecule has 1 saturated heterocycles. The third-order valence-electron chi connectivity index (χ3n) is 5.40. The predicted octanol–water partition coefficient (Wildman–Crippen LogP) is 2.84. The van der Waals surface area contributed by atoms with Crippen molar-refractivity contribution >= 4 is 11.8 Å². The summed E-state index contributed by atoms with van der Waals surface area (Å²) in [6, 6.07) is 10.1. The highest BCUT2D eigenvalue weighted by Gasteiger charge is 2.31. The van der Waals surface area contributed by atoms with Crippen LogP contribution in [0.3, 0.4) is 0 Å². The lowest BCUT2D eigenvalue weighted by molar-refractivity contribution is -0.00556. The van der Waals surface area contributed by atoms with Gasteiger partial charge in [0.05, 0.1) is 24.4 Å². The molecule has 3 heterocycles. The number of nitrogens with one attached hydrogen (secondary N) is 1. The molecule has 1 fully saturated rings. The highest BCUT2D eigenvalue weighted by Crippen LogP contribution is 2.31. The van der Waals surface area contributed by atoms with Gasteiger partial charge in [0, 0.05) is 43.7 Å². The van der Waals surface area contributed by atoms with Gasteiger partial charge in [-0.25, -0.2) is 14.8 Å². The van der Waals surface area contributed by atoms with Crippen LogP contribution in [-0.2, 0) is 17.7 Å². The molecule has 7 heteroatoms. The number of benzene rings is 1. The zero-order valence-electron chi connectivity index (χ0n) is 17.4. The van der Waals surface area contributed by atoms with Crippen LogP contribution in [0.4, 0.5) is 10.6 Å². The van der Waals surface area contributed by atoms with Crippen molar-refractivity contribution in [3.05, 3.63) is 41.6 Å². The third-order valence-corrected chi connectivity index (χ3v) is 5.40. The molecule has 0 unspecified atom stereocenters. The summed E-state index contributed by atoms with van der Waals surface area (Å²) in [6.45, 7) is 9.51. The Morgan fingerprint density at radius 1 is 1.17 bits per heavy atom. The van der Waals surface area contributed by atoms with Crippen LogP contribution in [0.25, 0.3) is 11.4 Å². The van der Waals surface area contributed by atoms with Gasteiger partial charge >= 0.3 is 6.03 Å². The Balaban J connectivity index is 1.75. The van der Waals surface area contributed by atoms with Gasteiger partial charge in [-0.1, -0.05) is 30.3 Å². The second kappa shape index (κ2) is 8.37. The van der Waals surface area contributed by atoms with Gasteiger partial charge in [0.25, 0.3) is 0 Å². The average Bonchev–Trinajstić information content (AvgIpc) is 2.72. The number of fused-ring (bicyclic) bond motifs is 1. The number of aromatic nitrogens is 2. The van der Waals surface area contributed by atoms with Gasteiger partial charge < -0.3 is 19.9 Å². The lowest BCUT2D eigenvalue weighted by atomic mass is 10.0. The number of morpholine rings is 1. The third kappa shape index (κ3) is 4.19. The smallest absolute Gasteiger partial charge is 0.317 e. The van der Waals surface area contributed by atoms with E-state index in [1.165, 1.54) is 0 Å². The van der Waals surface area contributed by atoms with Crippen molar-refractivity contribution in [1.29, 1.82) is 0 Å². The number of ether oxygens (including phenoxy) is 1. The molecule has 0 radical (unpaired) electrons. The number of anilines is 1. The zero-order chi connectivity index (χ0) is 20.4. The summed E-state index contributed by atoms with van der Waals surface area (Å²) in [6.07, 6.45) is 0.998. The van der Waals surface area contributed by atoms with Gasteiger partial charge in [-0.05, 0) is 20.8 Å². The van der Waals surface area contributed by atoms with Crippen molar-refractivity contribution in [2.75, 3.05) is 31.1 Å². The van der Waals surface area contributed by atoms with E-state index in [1.807, 2.05) is 42.2 Å². The minimum Gasteiger partial charge on any atom is -0.372 e. The van der Waals surface area contributed by atoms with Gasteiger partial charge in [0.2, 0.25) is 0 Å². The molecular formula is C22H29N5O2. The lowest BCUT2D eigenvalue weighted by Crippen LogP contribution is -2.48. The van der Waals surface area contributed by atoms with Gasteiger partial charge in [0.1, 0.15) is 5.82 Å². The Morgan fingerprint density at radius 2 is 1.90 bits per heavy atom. The molecule has 0 aliphatic carbocycles. The van der Waals surface area contributed by atoms with E-state index in [-0.39, 0.29) is 18.2 Å². The molecule has 29 heavy (non-hydrogen) atoms. The Bertz CT molecular complexity index is 863. The number of carbonyl (C=O) groups excluding carboxylic acids is 1. The summed E-state index contributed by atoms with van der Waals surface area (Å²) in [4.78, 5) is 26.5. The zero-order valence-corrected chi connectivity index (χ0v) is 17.4. The maximum Gasteiger partial charge on any atom is 0.317 e. The molecule has 0 saturated carbocycles. The van der Waals surface area contributed by atoms with Crippen LogP contribution in [-0.4, -0.2) is 59.3 Å². The number of hydrogen-bond donors (Lipinski definition) is 1. The summed E-state index contributed by atoms with van der Waals surface area (Å²) in [5.41, 5.74) is 3.11. The second-order valence-corrected chi connectivity index (χ2v) is 7.83. The van der Waals surface area contributed by atoms with Crippen LogP contribution in [0.2, 0.25) is 0 Å². The lowest BCUT2D eigenvalue weighted by Gasteiger charge is -2.39. The largest absolute Gasteiger partial charge is 0.372 e. The standard InChI is InChI=1S/C22H29N5O2/c1-4-23-22(28)26-11-10-19-18(14-26)21(27-12-15(2)29-16(3)13-27)25-20(24-19)17-8-6-5-7-9-17/h5-9,15-16H,4,10-14H2,1-3H3,(H,23,28)/t15-,16-/m0/s1. The molecular weight excluding hydrogens is 366 g/mol. The van der Waals surface area contributed by atoms with E-state index in [0.29, 0.717) is 19.6 Å². The monoisotopic (exact) mass is 395 g/mol. The quantitative estimate of drug-likeness (QED) is 0.865. The first-order valence-corrected chi connectivity index (χ1v) is 10.4. The maximum absolute atomic E-state index is 12.4. The topological polar surface area (TPSA) is 70.6 Å². The molecule has 2 amide bonds. The molecule has 2 aliphatic rings. The normalized spacial score (nSPS) is 21.6. The minimum absolute atomic E-state index is 0.0278. The summed E-state index contributed by atoms with van der Waals surface area (Å²) in [5, 5.41) is 2.91. The summed E-state index contributed by atoms with van der Waals surface area (Å²) in [7, 11) is 0. The van der Waals surface area contributed by atoms with E-state index in [4.69, 9.17) is 14.7 Å². The van der Waals surface area contributed by atoms with Gasteiger partial charge in [-0.15, -0.1) is 0 Å². The van der Waals surface area contributed by atoms with E-state index < -0.39 is 0 Å². The molecule has 0 spiro atoms. The first-order valence-electron chi connectivity index (χ1n) is 10.4. The van der Waals surface area contributed by atoms with Crippen molar-refractivity contribution in [2.24, 2.45) is 0 Å². The molecule has 7 nitrogen and oxygen atoms in total. The van der Waals surface area contributed by atoms with E-state index in [1.54, 1.807) is 0 Å². The SMILES string of the molecule is CCNC(=O)N1CCc2nc(-c3ccccc3)nc(N3C[C@H](C)O[C@@H](C)C3)c2C1. The number of urea groups is 1. The summed E-state index contributed by atoms with van der Waals surface area (Å²) in [5.74, 6) is 1.68. The molecule has 2 aliphatic heterocycles. The average molecular weight is 396 g/mol. The minimum atomic E-state index is -0.0278. The van der Waals surface area contributed by atoms with Crippen molar-refractivity contribution in [3.63, 3.8) is 0 Å². The first kappa shape index (κ1) is 19.6. The highest BCUT2D eigenvalue weighted by molar-refractivity contribution is 5.75. The Labute approximate surface area is 172 Å². The van der Waals surface area contributed by atoms with Crippen LogP contribution in [0.5, 0.6) is 0 Å². The Hall–Kier alpha value is -2.67. The van der Waals surface area contributed by atoms with Crippen LogP contribution in [0.15, 0.2) is 30.3 Å². The van der Waals surface area contributed by atoms with E-state index >= 15 is 0 Å². The fourth-order valence-electron chi connectivity index (χ4n) is 4.16. The van der Waals surface area contributed by atoms with Crippen molar-refractivity contribution in [1.82, 2.24) is 20.2 Å². The summed E-state index contributed by atoms with van der Waals surface area (Å²) >= 11 is 0. The number of carbonyl (C=O) groups is 1. The fraction of sp³-hybridized carbons (Fsp3) is 0.500. The number of nitrogens with zero attached hydrogens (tertiary/aromatic N) is 4. The number of amides is 2. The second-order valence-electron chi connectivity index (χ2n) is 7.83. The Kier molecular flexibility index (Phi) is 5.67. The molecule has 2 aromatic rings. The van der Waals surface area contributed by atoms with E-state index in [0.717, 1.165) is 48.0 Å². The Morgan fingerprint density at radius 3 is 2.59 bits per heavy atom. The molecule has 2 atom stereocenters. The molecule has 1 aromatic carbocycles. The molecule has 1 N–H and O–H groups in total. The van der Waals surface area contributed by atoms with Crippen molar-refractivity contribution in [3.8, 4) is 11.4 Å². The van der Waals surface area contributed by atoms with Crippen LogP contribution >= 0.6 is 0 Å². The van der Waals surface area contributed by atoms with Crippen molar-refractivity contribution in [2.45, 2.75) is 45.9 Å². The van der Waals surface area contributed by atoms with Crippen LogP contribution < -0.4 is 10.2 Å². The van der Waals surface area contributed by atoms with Crippen LogP contribution in [0, 0.1) is 0 Å². The molecule has 4 rings (SSSR count). The maximum atomic E-state index is 12.4. The van der Waals surface area contributed by atoms with Crippen LogP contribution in [0.1, 0.15) is 32.0 Å². The van der Waals surface area contributed by atoms with Gasteiger partial charge in [-0.3, -0.25) is 0 Å². The number of hydrogen-bond acceptors (Lipinski definition) is 5. The first-order chi connectivity index (χ1) is 14.0. The summed E-state index contributed by atoms with van der Waals surface area (Å²) < 4.78 is 5.93. The number of rotatable bonds is 3. The molecule has 0 bridgehead atoms. The van der Waals surface area contributed by atoms with E-state index in [2.05, 4.69) is 24.1 Å². The van der Waals surface area contributed by atoms with Gasteiger partial charge in [-0.2, -0.15) is 0 Å². The molecule has 1 aromatic heterocycles. The molecule has 154 valence electrons. The highest BCUT2D eigenvalue weighted by atomic mass is 16.5. The van der Waals surface area contributed by atoms with Gasteiger partial charge in [0.15, 0.2) is 5.82 Å². The van der Waals surface area contributed by atoms with Crippen molar-refractivity contribution < 1.29 is 9.53 Å². The predicted molar refractivity (Wildman–Crippen MR) is 113 cm³/mol. The fourth-order valence-corrected chi connectivity index (χ4v) is 4.16. The van der Waals surface area contributed by atoms with E-state index in [9.17, 15) is 4.79 Å².